The van der Waals surface area contributed by atoms with Crippen molar-refractivity contribution in [2.24, 2.45) is 0 Å². The van der Waals surface area contributed by atoms with Crippen LogP contribution < -0.4 is 14.1 Å². The van der Waals surface area contributed by atoms with Gasteiger partial charge < -0.3 is 9.80 Å². The Morgan fingerprint density at radius 1 is 0.949 bits per heavy atom. The zero-order valence-corrected chi connectivity index (χ0v) is 23.6. The lowest BCUT2D eigenvalue weighted by atomic mass is 10.1. The molecule has 206 valence electrons. The molecule has 1 saturated heterocycles. The Hall–Kier alpha value is -3.55. The van der Waals surface area contributed by atoms with E-state index in [-0.39, 0.29) is 22.1 Å². The fourth-order valence-corrected chi connectivity index (χ4v) is 6.90. The van der Waals surface area contributed by atoms with Gasteiger partial charge >= 0.3 is 0 Å². The maximum Gasteiger partial charge on any atom is 0.260 e. The molecule has 0 atom stereocenters. The highest BCUT2D eigenvalue weighted by atomic mass is 32.2. The van der Waals surface area contributed by atoms with Gasteiger partial charge in [-0.3, -0.25) is 9.10 Å². The molecule has 1 fully saturated rings. The molecule has 13 heteroatoms. The number of amides is 1. The molecule has 2 aromatic carbocycles. The van der Waals surface area contributed by atoms with Crippen molar-refractivity contribution in [1.82, 2.24) is 14.5 Å². The molecule has 0 unspecified atom stereocenters. The van der Waals surface area contributed by atoms with E-state index < -0.39 is 20.0 Å². The average Bonchev–Trinajstić information content (AvgIpc) is 3.35. The van der Waals surface area contributed by atoms with Gasteiger partial charge in [0.25, 0.3) is 5.91 Å². The maximum atomic E-state index is 13.5. The zero-order chi connectivity index (χ0) is 27.9. The summed E-state index contributed by atoms with van der Waals surface area (Å²) in [5.41, 5.74) is 2.91. The second-order valence-electron chi connectivity index (χ2n) is 9.73. The SMILES string of the molecule is Cc1cnnc(N2CCN(S(=O)(=O)c3ccc4c(c3)CCN4C(=O)c3ccccc3N(C)S(C)(=O)=O)CC2)c1. The molecular formula is C26H30N6O5S2. The van der Waals surface area contributed by atoms with Crippen molar-refractivity contribution in [2.45, 2.75) is 18.2 Å². The van der Waals surface area contributed by atoms with Crippen LogP contribution in [0.25, 0.3) is 0 Å². The third kappa shape index (κ3) is 5.21. The average molecular weight is 571 g/mol. The van der Waals surface area contributed by atoms with Gasteiger partial charge in [-0.15, -0.1) is 5.10 Å². The van der Waals surface area contributed by atoms with E-state index in [0.717, 1.165) is 27.5 Å². The first-order valence-corrected chi connectivity index (χ1v) is 15.8. The molecule has 1 amide bonds. The number of rotatable bonds is 6. The van der Waals surface area contributed by atoms with E-state index in [1.54, 1.807) is 47.5 Å². The number of benzene rings is 2. The molecular weight excluding hydrogens is 540 g/mol. The van der Waals surface area contributed by atoms with Gasteiger partial charge in [-0.25, -0.2) is 16.8 Å². The van der Waals surface area contributed by atoms with Crippen LogP contribution in [0.5, 0.6) is 0 Å². The smallest absolute Gasteiger partial charge is 0.260 e. The highest BCUT2D eigenvalue weighted by molar-refractivity contribution is 7.92. The van der Waals surface area contributed by atoms with Crippen molar-refractivity contribution in [3.05, 3.63) is 71.4 Å². The van der Waals surface area contributed by atoms with Crippen molar-refractivity contribution >= 4 is 43.1 Å². The van der Waals surface area contributed by atoms with E-state index in [2.05, 4.69) is 10.2 Å². The topological polar surface area (TPSA) is 124 Å². The van der Waals surface area contributed by atoms with E-state index in [1.165, 1.54) is 17.4 Å². The number of sulfonamides is 2. The van der Waals surface area contributed by atoms with Crippen LogP contribution in [-0.2, 0) is 26.5 Å². The Bertz CT molecular complexity index is 1640. The van der Waals surface area contributed by atoms with E-state index in [0.29, 0.717) is 44.8 Å². The van der Waals surface area contributed by atoms with Crippen LogP contribution in [0.2, 0.25) is 0 Å². The summed E-state index contributed by atoms with van der Waals surface area (Å²) in [6, 6.07) is 13.3. The predicted octanol–water partition coefficient (Wildman–Crippen LogP) is 1.89. The summed E-state index contributed by atoms with van der Waals surface area (Å²) in [7, 11) is -5.89. The van der Waals surface area contributed by atoms with Gasteiger partial charge in [0.15, 0.2) is 5.82 Å². The predicted molar refractivity (Wildman–Crippen MR) is 149 cm³/mol. The highest BCUT2D eigenvalue weighted by Gasteiger charge is 2.33. The monoisotopic (exact) mass is 570 g/mol. The summed E-state index contributed by atoms with van der Waals surface area (Å²) in [4.78, 5) is 17.3. The second kappa shape index (κ2) is 10.2. The maximum absolute atomic E-state index is 13.5. The minimum Gasteiger partial charge on any atom is -0.352 e. The van der Waals surface area contributed by atoms with Gasteiger partial charge in [-0.1, -0.05) is 12.1 Å². The number of hydrogen-bond acceptors (Lipinski definition) is 8. The first kappa shape index (κ1) is 27.0. The largest absolute Gasteiger partial charge is 0.352 e. The Morgan fingerprint density at radius 2 is 1.67 bits per heavy atom. The van der Waals surface area contributed by atoms with Crippen LogP contribution in [0.15, 0.2) is 59.6 Å². The molecule has 0 spiro atoms. The number of hydrogen-bond donors (Lipinski definition) is 0. The summed E-state index contributed by atoms with van der Waals surface area (Å²) >= 11 is 0. The molecule has 0 aliphatic carbocycles. The number of fused-ring (bicyclic) bond motifs is 1. The van der Waals surface area contributed by atoms with Crippen LogP contribution in [0.1, 0.15) is 21.5 Å². The highest BCUT2D eigenvalue weighted by Crippen LogP contribution is 2.34. The number of carbonyl (C=O) groups excluding carboxylic acids is 1. The number of nitrogens with zero attached hydrogens (tertiary/aromatic N) is 6. The van der Waals surface area contributed by atoms with Crippen molar-refractivity contribution in [3.8, 4) is 0 Å². The summed E-state index contributed by atoms with van der Waals surface area (Å²) in [5, 5.41) is 8.15. The standard InChI is InChI=1S/C26H30N6O5S2/c1-19-16-25(28-27-18-19)30-12-14-31(15-13-30)39(36,37)21-8-9-23-20(17-21)10-11-32(23)26(33)22-6-4-5-7-24(22)29(2)38(3,34)35/h4-9,16-18H,10-15H2,1-3H3. The zero-order valence-electron chi connectivity index (χ0n) is 22.0. The van der Waals surface area contributed by atoms with Gasteiger partial charge in [0.2, 0.25) is 20.0 Å². The van der Waals surface area contributed by atoms with Crippen LogP contribution in [0.3, 0.4) is 0 Å². The Labute approximate surface area is 228 Å². The molecule has 0 N–H and O–H groups in total. The van der Waals surface area contributed by atoms with Crippen molar-refractivity contribution < 1.29 is 21.6 Å². The third-order valence-electron chi connectivity index (χ3n) is 7.14. The van der Waals surface area contributed by atoms with E-state index in [4.69, 9.17) is 0 Å². The van der Waals surface area contributed by atoms with E-state index in [9.17, 15) is 21.6 Å². The van der Waals surface area contributed by atoms with Gasteiger partial charge in [-0.2, -0.15) is 9.40 Å². The summed E-state index contributed by atoms with van der Waals surface area (Å²) in [5.74, 6) is 0.393. The van der Waals surface area contributed by atoms with Gasteiger partial charge in [0.1, 0.15) is 0 Å². The van der Waals surface area contributed by atoms with Crippen molar-refractivity contribution in [1.29, 1.82) is 0 Å². The fraction of sp³-hybridized carbons (Fsp3) is 0.346. The Kier molecular flexibility index (Phi) is 7.08. The van der Waals surface area contributed by atoms with Crippen molar-refractivity contribution in [2.75, 3.05) is 60.1 Å². The molecule has 3 aromatic rings. The number of carbonyl (C=O) groups is 1. The molecule has 2 aliphatic rings. The Morgan fingerprint density at radius 3 is 2.36 bits per heavy atom. The van der Waals surface area contributed by atoms with Crippen LogP contribution in [-0.4, -0.2) is 83.3 Å². The third-order valence-corrected chi connectivity index (χ3v) is 10.2. The molecule has 3 heterocycles. The Balaban J connectivity index is 1.34. The molecule has 39 heavy (non-hydrogen) atoms. The summed E-state index contributed by atoms with van der Waals surface area (Å²) in [6.45, 7) is 3.96. The number of para-hydroxylation sites is 1. The van der Waals surface area contributed by atoms with Crippen LogP contribution in [0, 0.1) is 6.92 Å². The quantitative estimate of drug-likeness (QED) is 0.440. The van der Waals surface area contributed by atoms with Gasteiger partial charge in [0, 0.05) is 45.5 Å². The molecule has 5 rings (SSSR count). The number of anilines is 3. The van der Waals surface area contributed by atoms with Gasteiger partial charge in [0.05, 0.1) is 28.6 Å². The minimum atomic E-state index is -3.73. The van der Waals surface area contributed by atoms with E-state index >= 15 is 0 Å². The lowest BCUT2D eigenvalue weighted by molar-refractivity contribution is 0.0990. The normalized spacial score (nSPS) is 16.3. The lowest BCUT2D eigenvalue weighted by Crippen LogP contribution is -2.49. The molecule has 0 radical (unpaired) electrons. The first-order valence-electron chi connectivity index (χ1n) is 12.5. The minimum absolute atomic E-state index is 0.191. The number of piperazine rings is 1. The molecule has 0 saturated carbocycles. The second-order valence-corrected chi connectivity index (χ2v) is 13.7. The van der Waals surface area contributed by atoms with Crippen LogP contribution >= 0.6 is 0 Å². The molecule has 0 bridgehead atoms. The van der Waals surface area contributed by atoms with Crippen molar-refractivity contribution in [3.63, 3.8) is 0 Å². The molecule has 2 aliphatic heterocycles. The molecule has 1 aromatic heterocycles. The first-order chi connectivity index (χ1) is 18.5. The summed E-state index contributed by atoms with van der Waals surface area (Å²) in [6.07, 6.45) is 3.26. The van der Waals surface area contributed by atoms with E-state index in [1.807, 2.05) is 17.9 Å². The fourth-order valence-electron chi connectivity index (χ4n) is 4.91. The summed E-state index contributed by atoms with van der Waals surface area (Å²) < 4.78 is 53.7. The van der Waals surface area contributed by atoms with Crippen LogP contribution in [0.4, 0.5) is 17.2 Å². The number of aromatic nitrogens is 2. The van der Waals surface area contributed by atoms with Gasteiger partial charge in [-0.05, 0) is 60.9 Å². The lowest BCUT2D eigenvalue weighted by Gasteiger charge is -2.34. The molecule has 11 nitrogen and oxygen atoms in total. The number of aryl methyl sites for hydroxylation is 1.